The number of halogens is 1. The van der Waals surface area contributed by atoms with Gasteiger partial charge in [-0.05, 0) is 94.5 Å². The first kappa shape index (κ1) is 45.0. The molecule has 327 valence electrons. The van der Waals surface area contributed by atoms with Gasteiger partial charge >= 0.3 is 28.3 Å². The molecule has 0 aliphatic carbocycles. The normalized spacial score (nSPS) is 13.0. The summed E-state index contributed by atoms with van der Waals surface area (Å²) in [4.78, 5) is 28.7. The first-order valence-corrected chi connectivity index (χ1v) is 21.0. The minimum absolute atomic E-state index is 0. The Morgan fingerprint density at radius 1 is 0.508 bits per heavy atom. The van der Waals surface area contributed by atoms with E-state index in [1.165, 1.54) is 45.8 Å². The molecule has 0 atom stereocenters. The SMILES string of the molecule is CC(C)c1cc(-n2cc(-c3ccc4ccc(=O)oc4c3)nn2)cc(C(C)C)c1N1[CH]N(c2c(C(C)C)cc(-n3cc(-c4ccc5ccc(=O)oc5c4)nn3)cc2C(C)C)CC1.[Cl-].[Cu+]. The molecule has 0 unspecified atom stereocenters. The number of fused-ring (bicyclic) bond motifs is 2. The van der Waals surface area contributed by atoms with Crippen molar-refractivity contribution in [3.8, 4) is 33.9 Å². The summed E-state index contributed by atoms with van der Waals surface area (Å²) in [6.45, 7) is 21.9. The number of hydrogen-bond acceptors (Lipinski definition) is 10. The maximum atomic E-state index is 11.9. The zero-order valence-electron chi connectivity index (χ0n) is 36.4. The van der Waals surface area contributed by atoms with E-state index in [0.717, 1.165) is 46.4 Å². The van der Waals surface area contributed by atoms with E-state index in [1.54, 1.807) is 12.1 Å². The average molecular weight is 913 g/mol. The molecule has 1 radical (unpaired) electrons. The molecule has 0 saturated carbocycles. The van der Waals surface area contributed by atoms with Gasteiger partial charge in [0.2, 0.25) is 0 Å². The first-order chi connectivity index (χ1) is 29.3. The Kier molecular flexibility index (Phi) is 12.9. The number of anilines is 2. The van der Waals surface area contributed by atoms with Gasteiger partial charge in [-0.15, -0.1) is 10.2 Å². The van der Waals surface area contributed by atoms with Crippen LogP contribution in [0.25, 0.3) is 55.8 Å². The van der Waals surface area contributed by atoms with Gasteiger partial charge in [-0.1, -0.05) is 90.1 Å². The van der Waals surface area contributed by atoms with Crippen molar-refractivity contribution >= 4 is 33.3 Å². The predicted octanol–water partition coefficient (Wildman–Crippen LogP) is 7.34. The molecule has 9 rings (SSSR count). The van der Waals surface area contributed by atoms with Crippen LogP contribution >= 0.6 is 0 Å². The minimum Gasteiger partial charge on any atom is -1.00 e. The van der Waals surface area contributed by atoms with Crippen molar-refractivity contribution in [2.45, 2.75) is 79.1 Å². The molecular weight excluding hydrogens is 864 g/mol. The molecule has 1 fully saturated rings. The fraction of sp³-hybridized carbons (Fsp3) is 0.286. The summed E-state index contributed by atoms with van der Waals surface area (Å²) in [7, 11) is 0. The number of nitrogens with zero attached hydrogens (tertiary/aromatic N) is 8. The third-order valence-electron chi connectivity index (χ3n) is 11.6. The Bertz CT molecular complexity index is 2810. The quantitative estimate of drug-likeness (QED) is 0.102. The Morgan fingerprint density at radius 2 is 0.857 bits per heavy atom. The van der Waals surface area contributed by atoms with Gasteiger partial charge in [0, 0.05) is 58.5 Å². The summed E-state index contributed by atoms with van der Waals surface area (Å²) in [6.07, 6.45) is 3.87. The topological polar surface area (TPSA) is 128 Å². The summed E-state index contributed by atoms with van der Waals surface area (Å²) in [5, 5.41) is 19.9. The van der Waals surface area contributed by atoms with Crippen molar-refractivity contribution < 1.29 is 38.3 Å². The third-order valence-corrected chi connectivity index (χ3v) is 11.6. The number of benzene rings is 4. The molecule has 4 aromatic carbocycles. The first-order valence-electron chi connectivity index (χ1n) is 21.0. The van der Waals surface area contributed by atoms with Gasteiger partial charge in [0.05, 0.1) is 23.8 Å². The molecule has 1 aliphatic rings. The van der Waals surface area contributed by atoms with E-state index in [4.69, 9.17) is 8.83 Å². The molecule has 14 heteroatoms. The maximum absolute atomic E-state index is 11.9. The Balaban J connectivity index is 0.00000298. The van der Waals surface area contributed by atoms with Crippen molar-refractivity contribution in [1.29, 1.82) is 0 Å². The van der Waals surface area contributed by atoms with Crippen LogP contribution in [0.15, 0.2) is 116 Å². The van der Waals surface area contributed by atoms with Crippen LogP contribution in [0.5, 0.6) is 0 Å². The standard InChI is InChI=1S/C49H49N8O4.ClH.Cu/c1-28(2)38-21-36(56-25-42(50-52-56)34-11-9-32-13-15-46(58)60-44(32)19-34)22-39(29(3)4)48(38)54-17-18-55(27-54)49-40(30(5)6)23-37(24-41(49)31(7)8)57-26-43(51-53-57)35-12-10-33-14-16-47(59)61-45(33)20-35;;/h9-16,19-31H,17-18H2,1-8H3;1H;/q;;+1/p-1. The second-order valence-corrected chi connectivity index (χ2v) is 17.2. The molecule has 8 aromatic rings. The number of rotatable bonds is 10. The molecule has 1 aliphatic heterocycles. The van der Waals surface area contributed by atoms with Crippen LogP contribution in [0.2, 0.25) is 0 Å². The minimum atomic E-state index is -0.385. The summed E-state index contributed by atoms with van der Waals surface area (Å²) >= 11 is 0. The van der Waals surface area contributed by atoms with E-state index in [-0.39, 0.29) is 64.4 Å². The van der Waals surface area contributed by atoms with Gasteiger partial charge in [-0.3, -0.25) is 0 Å². The van der Waals surface area contributed by atoms with Crippen LogP contribution in [0.3, 0.4) is 0 Å². The van der Waals surface area contributed by atoms with Crippen LogP contribution in [0, 0.1) is 6.67 Å². The Hall–Kier alpha value is -6.01. The van der Waals surface area contributed by atoms with E-state index in [2.05, 4.69) is 117 Å². The van der Waals surface area contributed by atoms with Crippen LogP contribution in [0.1, 0.15) is 101 Å². The largest absolute Gasteiger partial charge is 1.00 e. The zero-order valence-corrected chi connectivity index (χ0v) is 38.1. The van der Waals surface area contributed by atoms with Crippen molar-refractivity contribution in [3.63, 3.8) is 0 Å². The predicted molar refractivity (Wildman–Crippen MR) is 241 cm³/mol. The number of aromatic nitrogens is 6. The van der Waals surface area contributed by atoms with Gasteiger partial charge in [0.1, 0.15) is 29.2 Å². The molecule has 4 aromatic heterocycles. The molecule has 63 heavy (non-hydrogen) atoms. The maximum Gasteiger partial charge on any atom is 1.00 e. The van der Waals surface area contributed by atoms with Crippen molar-refractivity contribution in [1.82, 2.24) is 30.0 Å². The van der Waals surface area contributed by atoms with Gasteiger partial charge in [-0.25, -0.2) is 19.0 Å². The fourth-order valence-electron chi connectivity index (χ4n) is 8.34. The molecule has 1 saturated heterocycles. The van der Waals surface area contributed by atoms with Gasteiger partial charge in [0.15, 0.2) is 0 Å². The van der Waals surface area contributed by atoms with Gasteiger partial charge in [0.25, 0.3) is 0 Å². The summed E-state index contributed by atoms with van der Waals surface area (Å²) in [6, 6.07) is 26.8. The van der Waals surface area contributed by atoms with Crippen LogP contribution in [-0.2, 0) is 17.1 Å². The molecule has 0 bridgehead atoms. The second-order valence-electron chi connectivity index (χ2n) is 17.2. The molecular formula is C49H49ClCuN8O4. The van der Waals surface area contributed by atoms with Crippen molar-refractivity contribution in [2.75, 3.05) is 22.9 Å². The molecule has 0 N–H and O–H groups in total. The van der Waals surface area contributed by atoms with Gasteiger partial charge in [-0.2, -0.15) is 0 Å². The third kappa shape index (κ3) is 8.70. The van der Waals surface area contributed by atoms with Crippen molar-refractivity contribution in [2.24, 2.45) is 0 Å². The molecule has 12 nitrogen and oxygen atoms in total. The van der Waals surface area contributed by atoms with Crippen LogP contribution in [-0.4, -0.2) is 43.1 Å². The molecule has 5 heterocycles. The Labute approximate surface area is 382 Å². The van der Waals surface area contributed by atoms with Crippen molar-refractivity contribution in [3.05, 3.63) is 147 Å². The van der Waals surface area contributed by atoms with E-state index < -0.39 is 0 Å². The molecule has 0 amide bonds. The zero-order chi connectivity index (χ0) is 42.7. The summed E-state index contributed by atoms with van der Waals surface area (Å²) in [5.74, 6) is 0.940. The molecule has 0 spiro atoms. The average Bonchev–Trinajstić information content (AvgIpc) is 4.04. The van der Waals surface area contributed by atoms with Crippen LogP contribution in [0.4, 0.5) is 11.4 Å². The smallest absolute Gasteiger partial charge is 1.00 e. The van der Waals surface area contributed by atoms with E-state index in [1.807, 2.05) is 58.2 Å². The monoisotopic (exact) mass is 911 g/mol. The van der Waals surface area contributed by atoms with E-state index in [0.29, 0.717) is 22.6 Å². The second kappa shape index (κ2) is 18.0. The van der Waals surface area contributed by atoms with Crippen LogP contribution < -0.4 is 33.5 Å². The van der Waals surface area contributed by atoms with E-state index >= 15 is 0 Å². The number of hydrogen-bond donors (Lipinski definition) is 0. The Morgan fingerprint density at radius 3 is 1.21 bits per heavy atom. The van der Waals surface area contributed by atoms with Gasteiger partial charge < -0.3 is 31.0 Å². The summed E-state index contributed by atoms with van der Waals surface area (Å²) < 4.78 is 14.6. The fourth-order valence-corrected chi connectivity index (χ4v) is 8.34. The van der Waals surface area contributed by atoms with E-state index in [9.17, 15) is 9.59 Å². The summed E-state index contributed by atoms with van der Waals surface area (Å²) in [5.41, 5.74) is 12.6.